The fraction of sp³-hybridized carbons (Fsp3) is 0.786. The number of hydrogen-bond donors (Lipinski definition) is 1. The molecule has 1 aliphatic rings. The van der Waals surface area contributed by atoms with Crippen LogP contribution in [0, 0.1) is 12.8 Å². The summed E-state index contributed by atoms with van der Waals surface area (Å²) in [7, 11) is 0. The monoisotopic (exact) mass is 267 g/mol. The number of hydrogen-bond acceptors (Lipinski definition) is 4. The van der Waals surface area contributed by atoms with E-state index in [4.69, 9.17) is 0 Å². The van der Waals surface area contributed by atoms with Gasteiger partial charge < -0.3 is 5.32 Å². The molecule has 4 heteroatoms. The van der Waals surface area contributed by atoms with Crippen LogP contribution in [0.2, 0.25) is 0 Å². The summed E-state index contributed by atoms with van der Waals surface area (Å²) < 4.78 is 0. The van der Waals surface area contributed by atoms with E-state index >= 15 is 0 Å². The summed E-state index contributed by atoms with van der Waals surface area (Å²) in [6.07, 6.45) is 3.25. The van der Waals surface area contributed by atoms with Crippen molar-refractivity contribution in [1.82, 2.24) is 15.2 Å². The molecule has 2 atom stereocenters. The average molecular weight is 267 g/mol. The van der Waals surface area contributed by atoms with Crippen molar-refractivity contribution in [2.45, 2.75) is 46.2 Å². The van der Waals surface area contributed by atoms with Crippen molar-refractivity contribution in [1.29, 1.82) is 0 Å². The van der Waals surface area contributed by atoms with Crippen molar-refractivity contribution in [3.05, 3.63) is 16.1 Å². The molecule has 0 amide bonds. The molecule has 1 aliphatic heterocycles. The van der Waals surface area contributed by atoms with E-state index in [9.17, 15) is 0 Å². The normalized spacial score (nSPS) is 23.5. The fourth-order valence-corrected chi connectivity index (χ4v) is 3.51. The minimum Gasteiger partial charge on any atom is -0.311 e. The van der Waals surface area contributed by atoms with Gasteiger partial charge in [0.05, 0.1) is 6.04 Å². The molecule has 1 N–H and O–H groups in total. The van der Waals surface area contributed by atoms with Gasteiger partial charge >= 0.3 is 0 Å². The topological polar surface area (TPSA) is 28.2 Å². The summed E-state index contributed by atoms with van der Waals surface area (Å²) >= 11 is 1.83. The van der Waals surface area contributed by atoms with E-state index in [-0.39, 0.29) is 0 Å². The first kappa shape index (κ1) is 14.0. The molecule has 0 spiro atoms. The third kappa shape index (κ3) is 3.53. The Kier molecular flexibility index (Phi) is 4.76. The molecule has 2 heterocycles. The summed E-state index contributed by atoms with van der Waals surface area (Å²) in [6, 6.07) is 1.10. The van der Waals surface area contributed by atoms with Gasteiger partial charge in [-0.25, -0.2) is 4.98 Å². The van der Waals surface area contributed by atoms with Crippen LogP contribution in [0.5, 0.6) is 0 Å². The highest BCUT2D eigenvalue weighted by Crippen LogP contribution is 2.26. The number of nitrogens with one attached hydrogen (secondary N) is 1. The summed E-state index contributed by atoms with van der Waals surface area (Å²) in [5, 5.41) is 4.90. The summed E-state index contributed by atoms with van der Waals surface area (Å²) in [6.45, 7) is 12.4. The zero-order valence-electron chi connectivity index (χ0n) is 11.9. The van der Waals surface area contributed by atoms with Crippen molar-refractivity contribution in [2.24, 2.45) is 5.92 Å². The smallest absolute Gasteiger partial charge is 0.110 e. The van der Waals surface area contributed by atoms with Gasteiger partial charge in [0, 0.05) is 36.8 Å². The van der Waals surface area contributed by atoms with E-state index in [1.54, 1.807) is 0 Å². The largest absolute Gasteiger partial charge is 0.311 e. The van der Waals surface area contributed by atoms with Gasteiger partial charge in [0.15, 0.2) is 0 Å². The van der Waals surface area contributed by atoms with Crippen molar-refractivity contribution >= 4 is 11.3 Å². The molecule has 0 saturated carbocycles. The standard InChI is InChI=1S/C14H25N3S/c1-10(2)7-13-9-17(6-5-15-13)12(4)14-16-8-11(3)18-14/h8,10,12-13,15H,5-7,9H2,1-4H3. The maximum absolute atomic E-state index is 4.53. The lowest BCUT2D eigenvalue weighted by Gasteiger charge is -2.37. The molecule has 1 aromatic rings. The van der Waals surface area contributed by atoms with Crippen LogP contribution in [0.3, 0.4) is 0 Å². The maximum Gasteiger partial charge on any atom is 0.110 e. The van der Waals surface area contributed by atoms with Crippen LogP contribution in [0.1, 0.15) is 43.1 Å². The van der Waals surface area contributed by atoms with Gasteiger partial charge in [-0.15, -0.1) is 11.3 Å². The highest BCUT2D eigenvalue weighted by molar-refractivity contribution is 7.11. The lowest BCUT2D eigenvalue weighted by molar-refractivity contribution is 0.143. The van der Waals surface area contributed by atoms with E-state index in [2.05, 4.69) is 42.9 Å². The Labute approximate surface area is 115 Å². The minimum absolute atomic E-state index is 0.459. The lowest BCUT2D eigenvalue weighted by Crippen LogP contribution is -2.51. The van der Waals surface area contributed by atoms with Crippen LogP contribution in [-0.2, 0) is 0 Å². The van der Waals surface area contributed by atoms with Gasteiger partial charge in [-0.05, 0) is 26.2 Å². The van der Waals surface area contributed by atoms with E-state index in [0.717, 1.165) is 25.6 Å². The van der Waals surface area contributed by atoms with Crippen molar-refractivity contribution in [3.8, 4) is 0 Å². The Hall–Kier alpha value is -0.450. The van der Waals surface area contributed by atoms with Gasteiger partial charge in [-0.1, -0.05) is 13.8 Å². The van der Waals surface area contributed by atoms with Gasteiger partial charge in [0.2, 0.25) is 0 Å². The number of aromatic nitrogens is 1. The molecule has 102 valence electrons. The number of nitrogens with zero attached hydrogens (tertiary/aromatic N) is 2. The second kappa shape index (κ2) is 6.13. The molecule has 1 saturated heterocycles. The van der Waals surface area contributed by atoms with Crippen LogP contribution in [0.15, 0.2) is 6.20 Å². The third-order valence-electron chi connectivity index (χ3n) is 3.59. The Morgan fingerprint density at radius 1 is 1.50 bits per heavy atom. The zero-order chi connectivity index (χ0) is 13.1. The average Bonchev–Trinajstić information content (AvgIpc) is 2.74. The third-order valence-corrected chi connectivity index (χ3v) is 4.67. The molecule has 3 nitrogen and oxygen atoms in total. The van der Waals surface area contributed by atoms with E-state index in [1.165, 1.54) is 16.3 Å². The Morgan fingerprint density at radius 2 is 2.28 bits per heavy atom. The predicted molar refractivity (Wildman–Crippen MR) is 78.1 cm³/mol. The first-order valence-corrected chi connectivity index (χ1v) is 7.77. The molecule has 0 bridgehead atoms. The molecule has 0 aliphatic carbocycles. The molecule has 0 aromatic carbocycles. The molecular weight excluding hydrogens is 242 g/mol. The van der Waals surface area contributed by atoms with E-state index < -0.39 is 0 Å². The molecular formula is C14H25N3S. The zero-order valence-corrected chi connectivity index (χ0v) is 12.8. The van der Waals surface area contributed by atoms with Crippen LogP contribution >= 0.6 is 11.3 Å². The number of thiazole rings is 1. The van der Waals surface area contributed by atoms with Crippen LogP contribution < -0.4 is 5.32 Å². The minimum atomic E-state index is 0.459. The van der Waals surface area contributed by atoms with Crippen molar-refractivity contribution < 1.29 is 0 Å². The second-order valence-corrected chi connectivity index (χ2v) is 7.03. The number of piperazine rings is 1. The summed E-state index contributed by atoms with van der Waals surface area (Å²) in [4.78, 5) is 8.42. The Bertz CT molecular complexity index is 375. The highest BCUT2D eigenvalue weighted by atomic mass is 32.1. The summed E-state index contributed by atoms with van der Waals surface area (Å²) in [5.41, 5.74) is 0. The molecule has 2 rings (SSSR count). The van der Waals surface area contributed by atoms with Gasteiger partial charge in [0.25, 0.3) is 0 Å². The molecule has 1 fully saturated rings. The second-order valence-electron chi connectivity index (χ2n) is 5.76. The Morgan fingerprint density at radius 3 is 2.89 bits per heavy atom. The predicted octanol–water partition coefficient (Wildman–Crippen LogP) is 2.83. The van der Waals surface area contributed by atoms with E-state index in [0.29, 0.717) is 12.1 Å². The quantitative estimate of drug-likeness (QED) is 0.909. The molecule has 0 radical (unpaired) electrons. The van der Waals surface area contributed by atoms with Crippen molar-refractivity contribution in [3.63, 3.8) is 0 Å². The van der Waals surface area contributed by atoms with Crippen LogP contribution in [-0.4, -0.2) is 35.6 Å². The maximum atomic E-state index is 4.53. The summed E-state index contributed by atoms with van der Waals surface area (Å²) in [5.74, 6) is 0.764. The van der Waals surface area contributed by atoms with E-state index in [1.807, 2.05) is 17.5 Å². The van der Waals surface area contributed by atoms with Gasteiger partial charge in [0.1, 0.15) is 5.01 Å². The van der Waals surface area contributed by atoms with Gasteiger partial charge in [-0.3, -0.25) is 4.90 Å². The molecule has 2 unspecified atom stereocenters. The highest BCUT2D eigenvalue weighted by Gasteiger charge is 2.25. The molecule has 1 aromatic heterocycles. The van der Waals surface area contributed by atoms with Crippen LogP contribution in [0.25, 0.3) is 0 Å². The number of rotatable bonds is 4. The lowest BCUT2D eigenvalue weighted by atomic mass is 10.0. The van der Waals surface area contributed by atoms with Crippen molar-refractivity contribution in [2.75, 3.05) is 19.6 Å². The first-order chi connectivity index (χ1) is 8.56. The number of aryl methyl sites for hydroxylation is 1. The molecule has 18 heavy (non-hydrogen) atoms. The van der Waals surface area contributed by atoms with Crippen LogP contribution in [0.4, 0.5) is 0 Å². The SMILES string of the molecule is Cc1cnc(C(C)N2CCNC(CC(C)C)C2)s1. The first-order valence-electron chi connectivity index (χ1n) is 6.96. The van der Waals surface area contributed by atoms with Gasteiger partial charge in [-0.2, -0.15) is 0 Å². The Balaban J connectivity index is 1.95. The fourth-order valence-electron chi connectivity index (χ4n) is 2.65.